The van der Waals surface area contributed by atoms with E-state index in [0.29, 0.717) is 41.4 Å². The second-order valence-corrected chi connectivity index (χ2v) is 6.47. The molecule has 2 aromatic carbocycles. The van der Waals surface area contributed by atoms with Crippen molar-refractivity contribution < 1.29 is 14.3 Å². The van der Waals surface area contributed by atoms with Crippen molar-refractivity contribution in [3.63, 3.8) is 0 Å². The maximum atomic E-state index is 12.2. The smallest absolute Gasteiger partial charge is 0.234 e. The molecule has 0 spiro atoms. The number of anilines is 1. The van der Waals surface area contributed by atoms with Crippen molar-refractivity contribution in [2.24, 2.45) is 0 Å². The number of hydrogen-bond acceptors (Lipinski definition) is 6. The Labute approximate surface area is 154 Å². The molecule has 8 heteroatoms. The van der Waals surface area contributed by atoms with Gasteiger partial charge in [-0.25, -0.2) is 4.98 Å². The molecule has 26 heavy (non-hydrogen) atoms. The van der Waals surface area contributed by atoms with Gasteiger partial charge in [-0.1, -0.05) is 42.1 Å². The maximum Gasteiger partial charge on any atom is 0.234 e. The van der Waals surface area contributed by atoms with Gasteiger partial charge in [-0.05, 0) is 12.1 Å². The number of carbonyl (C=O) groups is 1. The lowest BCUT2D eigenvalue weighted by Gasteiger charge is -2.18. The molecule has 132 valence electrons. The average Bonchev–Trinajstić information content (AvgIpc) is 3.16. The van der Waals surface area contributed by atoms with E-state index in [1.54, 1.807) is 18.2 Å². The lowest BCUT2D eigenvalue weighted by molar-refractivity contribution is -0.113. The fraction of sp³-hybridized carbons (Fsp3) is 0.167. The number of nitrogens with one attached hydrogen (secondary N) is 2. The van der Waals surface area contributed by atoms with Crippen molar-refractivity contribution in [2.75, 3.05) is 24.3 Å². The van der Waals surface area contributed by atoms with E-state index in [1.165, 1.54) is 11.8 Å². The number of hydrogen-bond donors (Lipinski definition) is 2. The van der Waals surface area contributed by atoms with E-state index < -0.39 is 0 Å². The van der Waals surface area contributed by atoms with E-state index in [1.807, 2.05) is 30.3 Å². The van der Waals surface area contributed by atoms with Gasteiger partial charge in [0.2, 0.25) is 11.1 Å². The van der Waals surface area contributed by atoms with Crippen molar-refractivity contribution in [2.45, 2.75) is 5.16 Å². The second kappa shape index (κ2) is 7.49. The van der Waals surface area contributed by atoms with Gasteiger partial charge in [-0.3, -0.25) is 9.89 Å². The molecule has 0 radical (unpaired) electrons. The predicted molar refractivity (Wildman–Crippen MR) is 98.6 cm³/mol. The summed E-state index contributed by atoms with van der Waals surface area (Å²) in [6.07, 6.45) is 0. The van der Waals surface area contributed by atoms with Gasteiger partial charge in [-0.2, -0.15) is 0 Å². The molecule has 0 fully saturated rings. The zero-order valence-electron chi connectivity index (χ0n) is 13.8. The molecular formula is C18H16N4O3S. The van der Waals surface area contributed by atoms with Crippen LogP contribution in [0.4, 0.5) is 5.69 Å². The van der Waals surface area contributed by atoms with Crippen LogP contribution in [0.5, 0.6) is 11.5 Å². The van der Waals surface area contributed by atoms with E-state index >= 15 is 0 Å². The van der Waals surface area contributed by atoms with Crippen LogP contribution in [0, 0.1) is 0 Å². The quantitative estimate of drug-likeness (QED) is 0.673. The highest BCUT2D eigenvalue weighted by Crippen LogP contribution is 2.32. The largest absolute Gasteiger partial charge is 0.486 e. The number of benzene rings is 2. The Hall–Kier alpha value is -3.00. The molecule has 7 nitrogen and oxygen atoms in total. The summed E-state index contributed by atoms with van der Waals surface area (Å²) in [5, 5.41) is 10.4. The van der Waals surface area contributed by atoms with Gasteiger partial charge < -0.3 is 14.8 Å². The normalized spacial score (nSPS) is 12.6. The molecule has 1 amide bonds. The van der Waals surface area contributed by atoms with Crippen LogP contribution < -0.4 is 14.8 Å². The number of carbonyl (C=O) groups excluding carboxylic acids is 1. The molecule has 0 atom stereocenters. The standard InChI is InChI=1S/C18H16N4O3S/c23-16(19-13-6-7-14-15(10-13)25-9-8-24-14)11-26-18-20-17(21-22-18)12-4-2-1-3-5-12/h1-7,10H,8-9,11H2,(H,19,23)(H,20,21,22). The Kier molecular flexibility index (Phi) is 4.74. The van der Waals surface area contributed by atoms with Crippen molar-refractivity contribution in [1.82, 2.24) is 15.2 Å². The number of fused-ring (bicyclic) bond motifs is 1. The van der Waals surface area contributed by atoms with E-state index in [9.17, 15) is 4.79 Å². The molecule has 4 rings (SSSR count). The molecular weight excluding hydrogens is 352 g/mol. The molecule has 0 aliphatic carbocycles. The number of ether oxygens (including phenoxy) is 2. The minimum atomic E-state index is -0.141. The zero-order chi connectivity index (χ0) is 17.8. The van der Waals surface area contributed by atoms with E-state index in [4.69, 9.17) is 9.47 Å². The minimum Gasteiger partial charge on any atom is -0.486 e. The Morgan fingerprint density at radius 1 is 1.12 bits per heavy atom. The van der Waals surface area contributed by atoms with Gasteiger partial charge in [0, 0.05) is 17.3 Å². The summed E-state index contributed by atoms with van der Waals surface area (Å²) in [6.45, 7) is 1.05. The summed E-state index contributed by atoms with van der Waals surface area (Å²) in [5.41, 5.74) is 1.62. The summed E-state index contributed by atoms with van der Waals surface area (Å²) in [7, 11) is 0. The summed E-state index contributed by atoms with van der Waals surface area (Å²) < 4.78 is 11.0. The number of rotatable bonds is 5. The zero-order valence-corrected chi connectivity index (χ0v) is 14.6. The number of H-pyrrole nitrogens is 1. The van der Waals surface area contributed by atoms with E-state index in [-0.39, 0.29) is 11.7 Å². The molecule has 0 saturated heterocycles. The Morgan fingerprint density at radius 2 is 1.92 bits per heavy atom. The van der Waals surface area contributed by atoms with Gasteiger partial charge >= 0.3 is 0 Å². The number of nitrogens with zero attached hydrogens (tertiary/aromatic N) is 2. The second-order valence-electron chi connectivity index (χ2n) is 5.53. The first-order valence-corrected chi connectivity index (χ1v) is 9.06. The van der Waals surface area contributed by atoms with Crippen LogP contribution in [0.2, 0.25) is 0 Å². The molecule has 3 aromatic rings. The Balaban J connectivity index is 1.34. The molecule has 0 unspecified atom stereocenters. The van der Waals surface area contributed by atoms with Gasteiger partial charge in [0.1, 0.15) is 13.2 Å². The monoisotopic (exact) mass is 368 g/mol. The Bertz CT molecular complexity index is 914. The first-order chi connectivity index (χ1) is 12.8. The molecule has 2 N–H and O–H groups in total. The highest BCUT2D eigenvalue weighted by atomic mass is 32.2. The highest BCUT2D eigenvalue weighted by Gasteiger charge is 2.13. The van der Waals surface area contributed by atoms with Gasteiger partial charge in [0.15, 0.2) is 17.3 Å². The first kappa shape index (κ1) is 16.5. The third-order valence-electron chi connectivity index (χ3n) is 3.67. The summed E-state index contributed by atoms with van der Waals surface area (Å²) in [4.78, 5) is 16.6. The molecule has 1 aliphatic rings. The van der Waals surface area contributed by atoms with Gasteiger partial charge in [-0.15, -0.1) is 5.10 Å². The number of aromatic nitrogens is 3. The van der Waals surface area contributed by atoms with Crippen LogP contribution in [0.1, 0.15) is 0 Å². The van der Waals surface area contributed by atoms with Crippen LogP contribution in [-0.4, -0.2) is 40.1 Å². The van der Waals surface area contributed by atoms with Crippen molar-refractivity contribution in [3.8, 4) is 22.9 Å². The van der Waals surface area contributed by atoms with Crippen molar-refractivity contribution in [3.05, 3.63) is 48.5 Å². The van der Waals surface area contributed by atoms with Crippen LogP contribution >= 0.6 is 11.8 Å². The van der Waals surface area contributed by atoms with Crippen molar-refractivity contribution in [1.29, 1.82) is 0 Å². The SMILES string of the molecule is O=C(CSc1n[nH]c(-c2ccccc2)n1)Nc1ccc2c(c1)OCCO2. The lowest BCUT2D eigenvalue weighted by atomic mass is 10.2. The van der Waals surface area contributed by atoms with Crippen molar-refractivity contribution >= 4 is 23.4 Å². The van der Waals surface area contributed by atoms with Crippen LogP contribution in [0.3, 0.4) is 0 Å². The predicted octanol–water partition coefficient (Wildman–Crippen LogP) is 2.97. The van der Waals surface area contributed by atoms with Gasteiger partial charge in [0.05, 0.1) is 5.75 Å². The lowest BCUT2D eigenvalue weighted by Crippen LogP contribution is -2.17. The molecule has 2 heterocycles. The number of thioether (sulfide) groups is 1. The van der Waals surface area contributed by atoms with Gasteiger partial charge in [0.25, 0.3) is 0 Å². The molecule has 1 aliphatic heterocycles. The first-order valence-electron chi connectivity index (χ1n) is 8.08. The highest BCUT2D eigenvalue weighted by molar-refractivity contribution is 7.99. The fourth-order valence-electron chi connectivity index (χ4n) is 2.48. The fourth-order valence-corrected chi connectivity index (χ4v) is 3.08. The number of aromatic amines is 1. The van der Waals surface area contributed by atoms with E-state index in [0.717, 1.165) is 5.56 Å². The summed E-state index contributed by atoms with van der Waals surface area (Å²) >= 11 is 1.27. The molecule has 0 bridgehead atoms. The Morgan fingerprint density at radius 3 is 2.77 bits per heavy atom. The van der Waals surface area contributed by atoms with E-state index in [2.05, 4.69) is 20.5 Å². The third-order valence-corrected chi connectivity index (χ3v) is 4.52. The molecule has 1 aromatic heterocycles. The maximum absolute atomic E-state index is 12.2. The number of amides is 1. The minimum absolute atomic E-state index is 0.141. The third kappa shape index (κ3) is 3.80. The van der Waals surface area contributed by atoms with Crippen LogP contribution in [0.15, 0.2) is 53.7 Å². The van der Waals surface area contributed by atoms with Crippen LogP contribution in [0.25, 0.3) is 11.4 Å². The van der Waals surface area contributed by atoms with Crippen LogP contribution in [-0.2, 0) is 4.79 Å². The molecule has 0 saturated carbocycles. The summed E-state index contributed by atoms with van der Waals surface area (Å²) in [6, 6.07) is 15.0. The summed E-state index contributed by atoms with van der Waals surface area (Å²) in [5.74, 6) is 2.08. The average molecular weight is 368 g/mol. The topological polar surface area (TPSA) is 89.1 Å².